The van der Waals surface area contributed by atoms with E-state index in [1.807, 2.05) is 24.3 Å². The lowest BCUT2D eigenvalue weighted by atomic mass is 10.1. The summed E-state index contributed by atoms with van der Waals surface area (Å²) in [6.45, 7) is 5.40. The van der Waals surface area contributed by atoms with Gasteiger partial charge in [-0.15, -0.1) is 11.3 Å². The monoisotopic (exact) mass is 577 g/mol. The van der Waals surface area contributed by atoms with Crippen LogP contribution in [0.15, 0.2) is 48.5 Å². The van der Waals surface area contributed by atoms with Crippen LogP contribution in [0.3, 0.4) is 0 Å². The van der Waals surface area contributed by atoms with Gasteiger partial charge in [-0.2, -0.15) is 0 Å². The van der Waals surface area contributed by atoms with Crippen LogP contribution in [0.25, 0.3) is 0 Å². The maximum absolute atomic E-state index is 13.5. The van der Waals surface area contributed by atoms with Crippen molar-refractivity contribution in [2.75, 3.05) is 42.9 Å². The summed E-state index contributed by atoms with van der Waals surface area (Å²) in [4.78, 5) is 45.6. The molecule has 8 nitrogen and oxygen atoms in total. The van der Waals surface area contributed by atoms with Gasteiger partial charge in [-0.1, -0.05) is 30.3 Å². The van der Waals surface area contributed by atoms with Gasteiger partial charge in [0.1, 0.15) is 10.8 Å². The number of carbonyl (C=O) groups excluding carboxylic acids is 3. The number of hydrogen-bond donors (Lipinski definition) is 2. The molecule has 0 radical (unpaired) electrons. The summed E-state index contributed by atoms with van der Waals surface area (Å²) in [6.07, 6.45) is 3.47. The molecule has 2 heterocycles. The van der Waals surface area contributed by atoms with Crippen LogP contribution in [0.5, 0.6) is 0 Å². The fourth-order valence-electron chi connectivity index (χ4n) is 5.79. The maximum Gasteiger partial charge on any atom is 0.251 e. The molecule has 1 aliphatic heterocycles. The minimum absolute atomic E-state index is 0.0317. The molecule has 1 aliphatic carbocycles. The number of carbonyl (C=O) groups is 3. The molecule has 0 fully saturated rings. The van der Waals surface area contributed by atoms with E-state index in [1.165, 1.54) is 23.5 Å². The number of nitrogens with one attached hydrogen (secondary N) is 1. The molecule has 0 bridgehead atoms. The van der Waals surface area contributed by atoms with Gasteiger partial charge >= 0.3 is 0 Å². The number of rotatable bonds is 6. The summed E-state index contributed by atoms with van der Waals surface area (Å²) in [5.41, 5.74) is 9.94. The molecule has 3 N–H and O–H groups in total. The number of para-hydroxylation sites is 1. The van der Waals surface area contributed by atoms with E-state index in [2.05, 4.69) is 15.1 Å². The first-order valence-electron chi connectivity index (χ1n) is 14.1. The second-order valence-corrected chi connectivity index (χ2v) is 11.8. The van der Waals surface area contributed by atoms with Crippen LogP contribution in [0.1, 0.15) is 51.7 Å². The second-order valence-electron chi connectivity index (χ2n) is 10.7. The third-order valence-corrected chi connectivity index (χ3v) is 8.96. The Hall–Kier alpha value is -3.60. The fourth-order valence-corrected chi connectivity index (χ4v) is 7.10. The maximum atomic E-state index is 13.5. The predicted octanol–water partition coefficient (Wildman–Crippen LogP) is 4.17. The summed E-state index contributed by atoms with van der Waals surface area (Å²) < 4.78 is 13.5. The second kappa shape index (κ2) is 12.9. The molecule has 0 atom stereocenters. The lowest BCUT2D eigenvalue weighted by Crippen LogP contribution is -2.39. The highest BCUT2D eigenvalue weighted by Gasteiger charge is 2.27. The molecular formula is C31H36FN5O3S. The molecule has 0 spiro atoms. The van der Waals surface area contributed by atoms with Gasteiger partial charge in [0.25, 0.3) is 5.91 Å². The van der Waals surface area contributed by atoms with Gasteiger partial charge in [0.2, 0.25) is 11.8 Å². The molecule has 216 valence electrons. The van der Waals surface area contributed by atoms with E-state index in [1.54, 1.807) is 24.0 Å². The van der Waals surface area contributed by atoms with Crippen LogP contribution in [0, 0.1) is 5.82 Å². The van der Waals surface area contributed by atoms with Crippen LogP contribution in [-0.4, -0.2) is 60.2 Å². The predicted molar refractivity (Wildman–Crippen MR) is 160 cm³/mol. The average molecular weight is 578 g/mol. The Morgan fingerprint density at radius 2 is 1.71 bits per heavy atom. The fraction of sp³-hybridized carbons (Fsp3) is 0.387. The Labute approximate surface area is 243 Å². The van der Waals surface area contributed by atoms with E-state index in [9.17, 15) is 18.8 Å². The standard InChI is InChI=1S/C31H36FN5O3S/c1-21(38)37-15-5-14-35(18-22-10-12-24(32)13-11-22)16-17-36(19-23-6-2-3-8-26(23)37)20-28(39)34-31-29(30(33)40)25-7-4-9-27(25)41-31/h2-3,6,8,10-13H,4-5,7,9,14-20H2,1H3,(H2,33,40)(H,34,39). The number of benzene rings is 2. The van der Waals surface area contributed by atoms with Crippen molar-refractivity contribution < 1.29 is 18.8 Å². The third-order valence-electron chi connectivity index (χ3n) is 7.75. The largest absolute Gasteiger partial charge is 0.365 e. The zero-order chi connectivity index (χ0) is 28.9. The summed E-state index contributed by atoms with van der Waals surface area (Å²) in [7, 11) is 0. The first kappa shape index (κ1) is 28.9. The van der Waals surface area contributed by atoms with Gasteiger partial charge in [0.05, 0.1) is 12.1 Å². The number of thiophene rings is 1. The SMILES string of the molecule is CC(=O)N1CCCN(Cc2ccc(F)cc2)CCN(CC(=O)Nc2sc3c(c2C(N)=O)CCC3)Cc2ccccc21. The molecule has 0 saturated carbocycles. The number of halogens is 1. The molecule has 5 rings (SSSR count). The van der Waals surface area contributed by atoms with E-state index in [-0.39, 0.29) is 24.2 Å². The zero-order valence-electron chi connectivity index (χ0n) is 23.3. The highest BCUT2D eigenvalue weighted by Crippen LogP contribution is 2.38. The number of aryl methyl sites for hydroxylation is 1. The smallest absolute Gasteiger partial charge is 0.251 e. The molecule has 0 saturated heterocycles. The lowest BCUT2D eigenvalue weighted by Gasteiger charge is -2.27. The van der Waals surface area contributed by atoms with Gasteiger partial charge in [0, 0.05) is 56.8 Å². The number of amides is 3. The third kappa shape index (κ3) is 7.01. The first-order valence-corrected chi connectivity index (χ1v) is 14.9. The van der Waals surface area contributed by atoms with Crippen molar-refractivity contribution in [1.29, 1.82) is 0 Å². The molecule has 10 heteroatoms. The zero-order valence-corrected chi connectivity index (χ0v) is 24.1. The molecule has 2 aliphatic rings. The Kier molecular flexibility index (Phi) is 9.12. The van der Waals surface area contributed by atoms with Gasteiger partial charge in [-0.3, -0.25) is 24.2 Å². The Morgan fingerprint density at radius 3 is 2.46 bits per heavy atom. The average Bonchev–Trinajstić information content (AvgIpc) is 3.50. The Balaban J connectivity index is 1.38. The number of fused-ring (bicyclic) bond motifs is 2. The van der Waals surface area contributed by atoms with Gasteiger partial charge in [-0.05, 0) is 60.6 Å². The van der Waals surface area contributed by atoms with Crippen LogP contribution in [-0.2, 0) is 35.5 Å². The molecule has 3 amide bonds. The highest BCUT2D eigenvalue weighted by atomic mass is 32.1. The number of hydrogen-bond acceptors (Lipinski definition) is 6. The summed E-state index contributed by atoms with van der Waals surface area (Å²) in [6, 6.07) is 14.3. The van der Waals surface area contributed by atoms with Crippen molar-refractivity contribution in [3.63, 3.8) is 0 Å². The van der Waals surface area contributed by atoms with Crippen molar-refractivity contribution in [2.45, 2.75) is 45.7 Å². The van der Waals surface area contributed by atoms with E-state index < -0.39 is 5.91 Å². The summed E-state index contributed by atoms with van der Waals surface area (Å²) in [5, 5.41) is 3.51. The van der Waals surface area contributed by atoms with E-state index in [0.29, 0.717) is 43.3 Å². The normalized spacial score (nSPS) is 16.5. The first-order chi connectivity index (χ1) is 19.8. The Bertz CT molecular complexity index is 1420. The van der Waals surface area contributed by atoms with Crippen molar-refractivity contribution >= 4 is 39.7 Å². The van der Waals surface area contributed by atoms with Crippen LogP contribution >= 0.6 is 11.3 Å². The van der Waals surface area contributed by atoms with Crippen LogP contribution in [0.2, 0.25) is 0 Å². The van der Waals surface area contributed by atoms with Crippen molar-refractivity contribution in [2.24, 2.45) is 5.73 Å². The quantitative estimate of drug-likeness (QED) is 0.458. The number of nitrogens with zero attached hydrogens (tertiary/aromatic N) is 3. The van der Waals surface area contributed by atoms with Crippen molar-refractivity contribution in [1.82, 2.24) is 9.80 Å². The lowest BCUT2D eigenvalue weighted by molar-refractivity contribution is -0.118. The minimum Gasteiger partial charge on any atom is -0.365 e. The van der Waals surface area contributed by atoms with Crippen LogP contribution in [0.4, 0.5) is 15.1 Å². The topological polar surface area (TPSA) is 99.0 Å². The molecule has 1 aromatic heterocycles. The van der Waals surface area contributed by atoms with Crippen molar-refractivity contribution in [3.05, 3.63) is 81.5 Å². The molecule has 41 heavy (non-hydrogen) atoms. The van der Waals surface area contributed by atoms with Gasteiger partial charge in [0.15, 0.2) is 0 Å². The number of nitrogens with two attached hydrogens (primary N) is 1. The van der Waals surface area contributed by atoms with E-state index in [0.717, 1.165) is 59.5 Å². The molecule has 3 aromatic rings. The summed E-state index contributed by atoms with van der Waals surface area (Å²) >= 11 is 1.45. The number of anilines is 2. The van der Waals surface area contributed by atoms with Crippen molar-refractivity contribution in [3.8, 4) is 0 Å². The van der Waals surface area contributed by atoms with E-state index >= 15 is 0 Å². The molecule has 0 unspecified atom stereocenters. The highest BCUT2D eigenvalue weighted by molar-refractivity contribution is 7.17. The summed E-state index contributed by atoms with van der Waals surface area (Å²) in [5.74, 6) is -1.03. The number of primary amides is 1. The molecular weight excluding hydrogens is 541 g/mol. The minimum atomic E-state index is -0.510. The van der Waals surface area contributed by atoms with Crippen LogP contribution < -0.4 is 16.0 Å². The Morgan fingerprint density at radius 1 is 0.951 bits per heavy atom. The molecule has 2 aromatic carbocycles. The van der Waals surface area contributed by atoms with E-state index in [4.69, 9.17) is 5.73 Å². The van der Waals surface area contributed by atoms with Gasteiger partial charge < -0.3 is 16.0 Å². The van der Waals surface area contributed by atoms with Gasteiger partial charge in [-0.25, -0.2) is 4.39 Å².